The molecule has 0 aliphatic rings. The summed E-state index contributed by atoms with van der Waals surface area (Å²) in [4.78, 5) is 14.8. The first-order valence-electron chi connectivity index (χ1n) is 4.72. The lowest BCUT2D eigenvalue weighted by atomic mass is 10.3. The Labute approximate surface area is 95.4 Å². The van der Waals surface area contributed by atoms with Crippen LogP contribution in [0.15, 0.2) is 12.4 Å². The summed E-state index contributed by atoms with van der Waals surface area (Å²) >= 11 is 0. The van der Waals surface area contributed by atoms with E-state index in [9.17, 15) is 4.79 Å². The molecule has 0 aromatic carbocycles. The van der Waals surface area contributed by atoms with Crippen LogP contribution in [0.2, 0.25) is 0 Å². The number of carboxylic acid groups (broad SMARTS) is 1. The van der Waals surface area contributed by atoms with Crippen molar-refractivity contribution in [2.45, 2.75) is 6.04 Å². The molecule has 17 heavy (non-hydrogen) atoms. The highest BCUT2D eigenvalue weighted by Gasteiger charge is 2.18. The van der Waals surface area contributed by atoms with Crippen molar-refractivity contribution < 1.29 is 14.6 Å². The number of hydrogen-bond acceptors (Lipinski definition) is 7. The van der Waals surface area contributed by atoms with Crippen molar-refractivity contribution in [2.24, 2.45) is 0 Å². The molecule has 0 radical (unpaired) electrons. The predicted molar refractivity (Wildman–Crippen MR) is 55.5 cm³/mol. The third-order valence-electron chi connectivity index (χ3n) is 2.06. The van der Waals surface area contributed by atoms with E-state index in [2.05, 4.69) is 25.8 Å². The van der Waals surface area contributed by atoms with Gasteiger partial charge in [0.1, 0.15) is 6.04 Å². The van der Waals surface area contributed by atoms with Crippen molar-refractivity contribution in [1.29, 1.82) is 0 Å². The summed E-state index contributed by atoms with van der Waals surface area (Å²) in [7, 11) is 1.42. The first kappa shape index (κ1) is 11.2. The molecule has 0 bridgehead atoms. The fourth-order valence-corrected chi connectivity index (χ4v) is 1.29. The number of hydrogen-bond donors (Lipinski definition) is 2. The van der Waals surface area contributed by atoms with Crippen LogP contribution in [0.3, 0.4) is 0 Å². The quantitative estimate of drug-likeness (QED) is 0.683. The number of aliphatic carboxylic acids is 1. The Balaban J connectivity index is 2.27. The highest BCUT2D eigenvalue weighted by Crippen LogP contribution is 2.07. The van der Waals surface area contributed by atoms with Crippen molar-refractivity contribution in [1.82, 2.24) is 25.0 Å². The Morgan fingerprint density at radius 2 is 2.47 bits per heavy atom. The van der Waals surface area contributed by atoms with Crippen LogP contribution in [0.5, 0.6) is 0 Å². The largest absolute Gasteiger partial charge is 0.480 e. The molecule has 1 unspecified atom stereocenters. The fraction of sp³-hybridized carbons (Fsp3) is 0.375. The minimum Gasteiger partial charge on any atom is -0.480 e. The number of methoxy groups -OCH3 is 1. The molecule has 0 saturated carbocycles. The highest BCUT2D eigenvalue weighted by atomic mass is 16.5. The van der Waals surface area contributed by atoms with Gasteiger partial charge in [0.15, 0.2) is 11.5 Å². The van der Waals surface area contributed by atoms with Crippen LogP contribution in [0, 0.1) is 0 Å². The number of anilines is 1. The normalized spacial score (nSPS) is 12.5. The van der Waals surface area contributed by atoms with Gasteiger partial charge in [-0.25, -0.2) is 4.79 Å². The predicted octanol–water partition coefficient (Wildman–Crippen LogP) is -0.969. The number of nitrogens with zero attached hydrogens (tertiary/aromatic N) is 5. The van der Waals surface area contributed by atoms with Crippen LogP contribution >= 0.6 is 0 Å². The lowest BCUT2D eigenvalue weighted by Crippen LogP contribution is -2.34. The zero-order chi connectivity index (χ0) is 12.3. The van der Waals surface area contributed by atoms with Gasteiger partial charge in [-0.1, -0.05) is 0 Å². The molecule has 0 amide bonds. The van der Waals surface area contributed by atoms with E-state index >= 15 is 0 Å². The van der Waals surface area contributed by atoms with E-state index < -0.39 is 12.0 Å². The lowest BCUT2D eigenvalue weighted by molar-refractivity contribution is -0.139. The molecule has 0 spiro atoms. The Kier molecular flexibility index (Phi) is 3.10. The van der Waals surface area contributed by atoms with Crippen LogP contribution in [-0.4, -0.2) is 55.9 Å². The van der Waals surface area contributed by atoms with E-state index in [4.69, 9.17) is 9.84 Å². The van der Waals surface area contributed by atoms with Crippen molar-refractivity contribution in [3.8, 4) is 0 Å². The number of fused-ring (bicyclic) bond motifs is 1. The van der Waals surface area contributed by atoms with Gasteiger partial charge in [-0.15, -0.1) is 5.10 Å². The second-order valence-corrected chi connectivity index (χ2v) is 3.23. The molecule has 90 valence electrons. The third kappa shape index (κ3) is 2.28. The summed E-state index contributed by atoms with van der Waals surface area (Å²) in [5, 5.41) is 22.6. The smallest absolute Gasteiger partial charge is 0.328 e. The molecule has 1 atom stereocenters. The molecule has 9 nitrogen and oxygen atoms in total. The van der Waals surface area contributed by atoms with Crippen molar-refractivity contribution in [3.63, 3.8) is 0 Å². The molecule has 2 aromatic heterocycles. The second-order valence-electron chi connectivity index (χ2n) is 3.23. The maximum absolute atomic E-state index is 10.9. The number of nitrogens with one attached hydrogen (secondary N) is 1. The van der Waals surface area contributed by atoms with Crippen LogP contribution in [0.4, 0.5) is 5.82 Å². The molecule has 9 heteroatoms. The number of carbonyl (C=O) groups is 1. The Morgan fingerprint density at radius 1 is 1.65 bits per heavy atom. The zero-order valence-corrected chi connectivity index (χ0v) is 8.94. The van der Waals surface area contributed by atoms with Gasteiger partial charge in [-0.05, 0) is 10.4 Å². The van der Waals surface area contributed by atoms with Crippen LogP contribution < -0.4 is 5.32 Å². The van der Waals surface area contributed by atoms with Gasteiger partial charge in [0.25, 0.3) is 0 Å². The molecule has 2 N–H and O–H groups in total. The molecule has 0 fully saturated rings. The molecule has 0 aliphatic heterocycles. The molecule has 0 aliphatic carbocycles. The maximum atomic E-state index is 10.9. The molecular weight excluding hydrogens is 228 g/mol. The van der Waals surface area contributed by atoms with Crippen molar-refractivity contribution in [2.75, 3.05) is 19.0 Å². The van der Waals surface area contributed by atoms with E-state index in [1.54, 1.807) is 0 Å². The van der Waals surface area contributed by atoms with Gasteiger partial charge >= 0.3 is 5.97 Å². The Bertz CT molecular complexity index is 527. The minimum atomic E-state index is -1.03. The average molecular weight is 238 g/mol. The van der Waals surface area contributed by atoms with Gasteiger partial charge < -0.3 is 15.2 Å². The summed E-state index contributed by atoms with van der Waals surface area (Å²) < 4.78 is 6.17. The molecule has 2 aromatic rings. The SMILES string of the molecule is COCC(Nc1cncc2nnnn12)C(=O)O. The highest BCUT2D eigenvalue weighted by molar-refractivity contribution is 5.77. The van der Waals surface area contributed by atoms with Crippen molar-refractivity contribution >= 4 is 17.4 Å². The summed E-state index contributed by atoms with van der Waals surface area (Å²) in [6, 6.07) is -0.892. The van der Waals surface area contributed by atoms with Crippen molar-refractivity contribution in [3.05, 3.63) is 12.4 Å². The van der Waals surface area contributed by atoms with E-state index in [0.717, 1.165) is 0 Å². The van der Waals surface area contributed by atoms with Gasteiger partial charge in [0.2, 0.25) is 0 Å². The summed E-state index contributed by atoms with van der Waals surface area (Å²) in [5.41, 5.74) is 0.427. The van der Waals surface area contributed by atoms with Gasteiger partial charge in [0, 0.05) is 7.11 Å². The van der Waals surface area contributed by atoms with Crippen LogP contribution in [-0.2, 0) is 9.53 Å². The second kappa shape index (κ2) is 4.70. The average Bonchev–Trinajstić information content (AvgIpc) is 2.77. The minimum absolute atomic E-state index is 0.0217. The maximum Gasteiger partial charge on any atom is 0.328 e. The third-order valence-corrected chi connectivity index (χ3v) is 2.06. The van der Waals surface area contributed by atoms with Gasteiger partial charge in [0.05, 0.1) is 19.0 Å². The fourth-order valence-electron chi connectivity index (χ4n) is 1.29. The summed E-state index contributed by atoms with van der Waals surface area (Å²) in [5.74, 6) is -0.645. The number of ether oxygens (including phenoxy) is 1. The van der Waals surface area contributed by atoms with E-state index in [1.807, 2.05) is 0 Å². The zero-order valence-electron chi connectivity index (χ0n) is 8.94. The Morgan fingerprint density at radius 3 is 3.18 bits per heavy atom. The Hall–Kier alpha value is -2.29. The summed E-state index contributed by atoms with van der Waals surface area (Å²) in [6.45, 7) is 0.0217. The topological polar surface area (TPSA) is 115 Å². The van der Waals surface area contributed by atoms with E-state index in [1.165, 1.54) is 24.0 Å². The number of tetrazole rings is 1. The summed E-state index contributed by atoms with van der Waals surface area (Å²) in [6.07, 6.45) is 2.91. The monoisotopic (exact) mass is 238 g/mol. The van der Waals surface area contributed by atoms with Gasteiger partial charge in [-0.3, -0.25) is 4.98 Å². The lowest BCUT2D eigenvalue weighted by Gasteiger charge is -2.14. The first-order chi connectivity index (χ1) is 8.22. The number of carboxylic acids is 1. The van der Waals surface area contributed by atoms with Crippen LogP contribution in [0.25, 0.3) is 5.65 Å². The molecular formula is C8H10N6O3. The number of aromatic nitrogens is 5. The number of rotatable bonds is 5. The molecule has 2 rings (SSSR count). The van der Waals surface area contributed by atoms with E-state index in [-0.39, 0.29) is 6.61 Å². The molecule has 2 heterocycles. The first-order valence-corrected chi connectivity index (χ1v) is 4.72. The standard InChI is InChI=1S/C8H10N6O3/c1-17-4-5(8(15)16)10-6-2-9-3-7-11-12-13-14(6)7/h2-3,5,10H,4H2,1H3,(H,15,16). The molecule has 0 saturated heterocycles. The van der Waals surface area contributed by atoms with E-state index in [0.29, 0.717) is 11.5 Å². The van der Waals surface area contributed by atoms with Gasteiger partial charge in [-0.2, -0.15) is 4.52 Å². The van der Waals surface area contributed by atoms with Crippen LogP contribution in [0.1, 0.15) is 0 Å².